The van der Waals surface area contributed by atoms with Crippen LogP contribution in [0.4, 0.5) is 13.2 Å². The van der Waals surface area contributed by atoms with Gasteiger partial charge in [-0.05, 0) is 43.7 Å². The number of fused-ring (bicyclic) bond motifs is 2. The zero-order valence-corrected chi connectivity index (χ0v) is 16.2. The van der Waals surface area contributed by atoms with Gasteiger partial charge in [-0.3, -0.25) is 19.3 Å². The van der Waals surface area contributed by atoms with Crippen LogP contribution in [0.25, 0.3) is 0 Å². The number of carbonyl (C=O) groups is 3. The summed E-state index contributed by atoms with van der Waals surface area (Å²) in [6.07, 6.45) is -2.20. The van der Waals surface area contributed by atoms with Crippen LogP contribution in [0, 0.1) is 5.92 Å². The van der Waals surface area contributed by atoms with Crippen molar-refractivity contribution >= 4 is 17.7 Å². The summed E-state index contributed by atoms with van der Waals surface area (Å²) in [5.41, 5.74) is -2.38. The third kappa shape index (κ3) is 3.22. The van der Waals surface area contributed by atoms with Crippen LogP contribution in [0.1, 0.15) is 50.2 Å². The van der Waals surface area contributed by atoms with E-state index in [1.165, 1.54) is 12.1 Å². The van der Waals surface area contributed by atoms with E-state index in [-0.39, 0.29) is 36.9 Å². The molecule has 2 saturated heterocycles. The minimum absolute atomic E-state index is 0.0827. The lowest BCUT2D eigenvalue weighted by Gasteiger charge is -2.32. The SMILES string of the molecule is CCN1C(=O)C[C@](CC(=O)N2C[C@H]3CC[C@@H]2C3)(c2cccc(C(F)(F)F)c2)C1=O. The molecule has 1 saturated carbocycles. The molecule has 4 rings (SSSR count). The van der Waals surface area contributed by atoms with E-state index < -0.39 is 29.0 Å². The predicted octanol–water partition coefficient (Wildman–Crippen LogP) is 3.12. The molecule has 2 bridgehead atoms. The number of likely N-dealkylation sites (N-methyl/N-ethyl adjacent to an activating group) is 1. The van der Waals surface area contributed by atoms with Crippen molar-refractivity contribution in [3.05, 3.63) is 35.4 Å². The lowest BCUT2D eigenvalue weighted by atomic mass is 9.75. The molecule has 1 aliphatic carbocycles. The summed E-state index contributed by atoms with van der Waals surface area (Å²) in [6.45, 7) is 2.39. The Kier molecular flexibility index (Phi) is 4.70. The van der Waals surface area contributed by atoms with Gasteiger partial charge in [0.1, 0.15) is 0 Å². The average Bonchev–Trinajstić information content (AvgIpc) is 3.36. The second kappa shape index (κ2) is 6.85. The van der Waals surface area contributed by atoms with Gasteiger partial charge in [0, 0.05) is 32.0 Å². The van der Waals surface area contributed by atoms with E-state index in [2.05, 4.69) is 0 Å². The first kappa shape index (κ1) is 19.9. The van der Waals surface area contributed by atoms with Crippen molar-refractivity contribution in [1.29, 1.82) is 0 Å². The highest BCUT2D eigenvalue weighted by Crippen LogP contribution is 2.44. The van der Waals surface area contributed by atoms with Gasteiger partial charge in [-0.25, -0.2) is 0 Å². The molecular weight excluding hydrogens is 385 g/mol. The first-order valence-corrected chi connectivity index (χ1v) is 9.97. The van der Waals surface area contributed by atoms with Gasteiger partial charge < -0.3 is 4.90 Å². The van der Waals surface area contributed by atoms with Crippen molar-refractivity contribution in [3.8, 4) is 0 Å². The Morgan fingerprint density at radius 1 is 1.24 bits per heavy atom. The Morgan fingerprint density at radius 2 is 2.00 bits per heavy atom. The number of nitrogens with zero attached hydrogens (tertiary/aromatic N) is 2. The molecule has 0 spiro atoms. The number of imide groups is 1. The molecule has 3 aliphatic rings. The fourth-order valence-corrected chi connectivity index (χ4v) is 5.17. The van der Waals surface area contributed by atoms with E-state index in [4.69, 9.17) is 0 Å². The molecule has 0 radical (unpaired) electrons. The maximum atomic E-state index is 13.3. The van der Waals surface area contributed by atoms with Gasteiger partial charge in [0.05, 0.1) is 11.0 Å². The van der Waals surface area contributed by atoms with Crippen LogP contribution < -0.4 is 0 Å². The van der Waals surface area contributed by atoms with Gasteiger partial charge in [0.25, 0.3) is 0 Å². The second-order valence-electron chi connectivity index (χ2n) is 8.34. The number of alkyl halides is 3. The number of piperidine rings is 1. The van der Waals surface area contributed by atoms with Crippen LogP contribution >= 0.6 is 0 Å². The van der Waals surface area contributed by atoms with E-state index in [1.807, 2.05) is 0 Å². The molecule has 3 amide bonds. The number of hydrogen-bond donors (Lipinski definition) is 0. The fourth-order valence-electron chi connectivity index (χ4n) is 5.17. The van der Waals surface area contributed by atoms with Crippen molar-refractivity contribution in [2.24, 2.45) is 5.92 Å². The van der Waals surface area contributed by atoms with Gasteiger partial charge in [-0.15, -0.1) is 0 Å². The Labute approximate surface area is 166 Å². The molecular formula is C21H23F3N2O3. The highest BCUT2D eigenvalue weighted by molar-refractivity contribution is 6.10. The normalized spacial score (nSPS) is 29.2. The van der Waals surface area contributed by atoms with E-state index in [0.717, 1.165) is 36.3 Å². The van der Waals surface area contributed by atoms with Gasteiger partial charge in [-0.2, -0.15) is 13.2 Å². The van der Waals surface area contributed by atoms with Gasteiger partial charge in [-0.1, -0.05) is 18.2 Å². The molecule has 3 fully saturated rings. The topological polar surface area (TPSA) is 57.7 Å². The van der Waals surface area contributed by atoms with E-state index in [0.29, 0.717) is 12.5 Å². The van der Waals surface area contributed by atoms with Crippen LogP contribution in [0.5, 0.6) is 0 Å². The van der Waals surface area contributed by atoms with Crippen molar-refractivity contribution in [3.63, 3.8) is 0 Å². The molecule has 0 aromatic heterocycles. The molecule has 1 aromatic carbocycles. The zero-order chi connectivity index (χ0) is 21.0. The Hall–Kier alpha value is -2.38. The maximum Gasteiger partial charge on any atom is 0.416 e. The summed E-state index contributed by atoms with van der Waals surface area (Å²) in [7, 11) is 0. The molecule has 29 heavy (non-hydrogen) atoms. The van der Waals surface area contributed by atoms with Gasteiger partial charge in [0.15, 0.2) is 0 Å². The summed E-state index contributed by atoms with van der Waals surface area (Å²) in [4.78, 5) is 41.6. The summed E-state index contributed by atoms with van der Waals surface area (Å²) >= 11 is 0. The Morgan fingerprint density at radius 3 is 2.55 bits per heavy atom. The third-order valence-corrected chi connectivity index (χ3v) is 6.65. The monoisotopic (exact) mass is 408 g/mol. The minimum Gasteiger partial charge on any atom is -0.339 e. The Bertz CT molecular complexity index is 869. The van der Waals surface area contributed by atoms with Crippen LogP contribution in [-0.2, 0) is 26.0 Å². The van der Waals surface area contributed by atoms with Gasteiger partial charge >= 0.3 is 6.18 Å². The first-order valence-electron chi connectivity index (χ1n) is 9.97. The molecule has 5 nitrogen and oxygen atoms in total. The Balaban J connectivity index is 1.72. The quantitative estimate of drug-likeness (QED) is 0.720. The fraction of sp³-hybridized carbons (Fsp3) is 0.571. The third-order valence-electron chi connectivity index (χ3n) is 6.65. The lowest BCUT2D eigenvalue weighted by molar-refractivity contribution is -0.143. The smallest absolute Gasteiger partial charge is 0.339 e. The summed E-state index contributed by atoms with van der Waals surface area (Å²) < 4.78 is 39.8. The molecule has 2 heterocycles. The molecule has 0 unspecified atom stereocenters. The standard InChI is InChI=1S/C21H23F3N2O3/c1-2-25-17(27)10-20(19(25)29,14-4-3-5-15(9-14)21(22,23)24)11-18(28)26-12-13-6-7-16(26)8-13/h3-5,9,13,16H,2,6-8,10-12H2,1H3/t13-,16+,20-/m0/s1. The average molecular weight is 408 g/mol. The zero-order valence-electron chi connectivity index (χ0n) is 16.2. The molecule has 1 aromatic rings. The van der Waals surface area contributed by atoms with Crippen LogP contribution in [0.2, 0.25) is 0 Å². The highest BCUT2D eigenvalue weighted by atomic mass is 19.4. The number of hydrogen-bond acceptors (Lipinski definition) is 3. The molecule has 3 atom stereocenters. The molecule has 0 N–H and O–H groups in total. The van der Waals surface area contributed by atoms with E-state index >= 15 is 0 Å². The highest BCUT2D eigenvalue weighted by Gasteiger charge is 2.55. The van der Waals surface area contributed by atoms with Crippen LogP contribution in [0.3, 0.4) is 0 Å². The van der Waals surface area contributed by atoms with Crippen LogP contribution in [-0.4, -0.2) is 46.7 Å². The summed E-state index contributed by atoms with van der Waals surface area (Å²) in [5.74, 6) is -0.831. The van der Waals surface area contributed by atoms with Crippen LogP contribution in [0.15, 0.2) is 24.3 Å². The number of amides is 3. The number of halogens is 3. The van der Waals surface area contributed by atoms with Crippen molar-refractivity contribution in [2.45, 2.75) is 56.7 Å². The minimum atomic E-state index is -4.58. The number of benzene rings is 1. The van der Waals surface area contributed by atoms with Crippen molar-refractivity contribution < 1.29 is 27.6 Å². The van der Waals surface area contributed by atoms with E-state index in [9.17, 15) is 27.6 Å². The molecule has 2 aliphatic heterocycles. The molecule has 8 heteroatoms. The largest absolute Gasteiger partial charge is 0.416 e. The van der Waals surface area contributed by atoms with Gasteiger partial charge in [0.2, 0.25) is 17.7 Å². The second-order valence-corrected chi connectivity index (χ2v) is 8.34. The lowest BCUT2D eigenvalue weighted by Crippen LogP contribution is -2.45. The number of rotatable bonds is 4. The van der Waals surface area contributed by atoms with E-state index in [1.54, 1.807) is 11.8 Å². The summed E-state index contributed by atoms with van der Waals surface area (Å²) in [6, 6.07) is 4.63. The van der Waals surface area contributed by atoms with Crippen molar-refractivity contribution in [2.75, 3.05) is 13.1 Å². The number of carbonyl (C=O) groups excluding carboxylic acids is 3. The number of likely N-dealkylation sites (tertiary alicyclic amines) is 2. The maximum absolute atomic E-state index is 13.3. The predicted molar refractivity (Wildman–Crippen MR) is 97.6 cm³/mol. The summed E-state index contributed by atoms with van der Waals surface area (Å²) in [5, 5.41) is 0. The van der Waals surface area contributed by atoms with Crippen molar-refractivity contribution in [1.82, 2.24) is 9.80 Å². The molecule has 156 valence electrons. The first-order chi connectivity index (χ1) is 13.7.